The first-order valence-corrected chi connectivity index (χ1v) is 8.92. The van der Waals surface area contributed by atoms with E-state index in [1.54, 1.807) is 11.6 Å². The topological polar surface area (TPSA) is 72.3 Å². The fourth-order valence-corrected chi connectivity index (χ4v) is 3.04. The zero-order chi connectivity index (χ0) is 19.6. The van der Waals surface area contributed by atoms with Crippen LogP contribution in [0.3, 0.4) is 0 Å². The first-order valence-electron chi connectivity index (χ1n) is 8.92. The Morgan fingerprint density at radius 1 is 1.26 bits per heavy atom. The summed E-state index contributed by atoms with van der Waals surface area (Å²) < 4.78 is 34.1. The lowest BCUT2D eigenvalue weighted by atomic mass is 10.1. The number of hydrogen-bond donors (Lipinski definition) is 1. The molecular formula is C18H23F2N5O2. The minimum Gasteiger partial charge on any atom is -0.487 e. The molecule has 1 N–H and O–H groups in total. The molecular weight excluding hydrogens is 356 g/mol. The van der Waals surface area contributed by atoms with E-state index < -0.39 is 11.6 Å². The van der Waals surface area contributed by atoms with Crippen molar-refractivity contribution in [3.05, 3.63) is 35.7 Å². The van der Waals surface area contributed by atoms with Gasteiger partial charge in [-0.1, -0.05) is 0 Å². The van der Waals surface area contributed by atoms with Crippen LogP contribution in [0, 0.1) is 11.6 Å². The van der Waals surface area contributed by atoms with Crippen LogP contribution in [-0.4, -0.2) is 45.9 Å². The standard InChI is InChI=1S/C18H23F2N5O2/c1-11(2)21-17(26)16-22-23-18(24(16)3)25-8-6-13(7-9-25)27-15-5-4-12(19)10-14(15)20/h4-5,10-11,13H,6-9H2,1-3H3,(H,21,26). The van der Waals surface area contributed by atoms with Gasteiger partial charge >= 0.3 is 0 Å². The van der Waals surface area contributed by atoms with Crippen molar-refractivity contribution >= 4 is 11.9 Å². The fourth-order valence-electron chi connectivity index (χ4n) is 3.04. The molecule has 1 fully saturated rings. The van der Waals surface area contributed by atoms with Gasteiger partial charge in [0.15, 0.2) is 11.6 Å². The van der Waals surface area contributed by atoms with E-state index in [9.17, 15) is 13.6 Å². The highest BCUT2D eigenvalue weighted by atomic mass is 19.1. The van der Waals surface area contributed by atoms with Crippen molar-refractivity contribution in [3.63, 3.8) is 0 Å². The van der Waals surface area contributed by atoms with Gasteiger partial charge in [0.1, 0.15) is 11.9 Å². The summed E-state index contributed by atoms with van der Waals surface area (Å²) in [6.45, 7) is 5.02. The molecule has 0 saturated carbocycles. The second kappa shape index (κ2) is 7.89. The molecule has 0 spiro atoms. The van der Waals surface area contributed by atoms with Crippen LogP contribution < -0.4 is 15.0 Å². The first kappa shape index (κ1) is 19.1. The molecule has 0 bridgehead atoms. The van der Waals surface area contributed by atoms with Crippen molar-refractivity contribution in [3.8, 4) is 5.75 Å². The molecule has 146 valence electrons. The molecule has 3 rings (SSSR count). The van der Waals surface area contributed by atoms with Crippen LogP contribution in [0.2, 0.25) is 0 Å². The summed E-state index contributed by atoms with van der Waals surface area (Å²) >= 11 is 0. The van der Waals surface area contributed by atoms with E-state index in [4.69, 9.17) is 4.74 Å². The zero-order valence-corrected chi connectivity index (χ0v) is 15.6. The second-order valence-corrected chi connectivity index (χ2v) is 6.89. The van der Waals surface area contributed by atoms with Gasteiger partial charge in [-0.3, -0.25) is 9.36 Å². The largest absolute Gasteiger partial charge is 0.487 e. The molecule has 0 atom stereocenters. The van der Waals surface area contributed by atoms with Crippen molar-refractivity contribution in [1.29, 1.82) is 0 Å². The summed E-state index contributed by atoms with van der Waals surface area (Å²) in [7, 11) is 1.75. The summed E-state index contributed by atoms with van der Waals surface area (Å²) in [5.74, 6) is -0.682. The normalized spacial score (nSPS) is 15.3. The van der Waals surface area contributed by atoms with Crippen LogP contribution in [0.4, 0.5) is 14.7 Å². The summed E-state index contributed by atoms with van der Waals surface area (Å²) in [5, 5.41) is 10.9. The highest BCUT2D eigenvalue weighted by Crippen LogP contribution is 2.24. The SMILES string of the molecule is CC(C)NC(=O)c1nnc(N2CCC(Oc3ccc(F)cc3F)CC2)n1C. The van der Waals surface area contributed by atoms with Crippen LogP contribution in [0.15, 0.2) is 18.2 Å². The van der Waals surface area contributed by atoms with Gasteiger partial charge in [-0.05, 0) is 26.0 Å². The number of rotatable bonds is 5. The number of hydrogen-bond acceptors (Lipinski definition) is 5. The molecule has 2 aromatic rings. The molecule has 9 heteroatoms. The predicted octanol–water partition coefficient (Wildman–Crippen LogP) is 2.28. The monoisotopic (exact) mass is 379 g/mol. The van der Waals surface area contributed by atoms with Crippen LogP contribution in [0.25, 0.3) is 0 Å². The average Bonchev–Trinajstić information content (AvgIpc) is 2.99. The van der Waals surface area contributed by atoms with Gasteiger partial charge in [-0.2, -0.15) is 0 Å². The van der Waals surface area contributed by atoms with Crippen LogP contribution in [0.5, 0.6) is 5.75 Å². The number of amides is 1. The third-order valence-electron chi connectivity index (χ3n) is 4.39. The molecule has 1 aromatic heterocycles. The molecule has 1 aliphatic heterocycles. The Labute approximate surface area is 156 Å². The van der Waals surface area contributed by atoms with E-state index in [1.165, 1.54) is 12.1 Å². The minimum atomic E-state index is -0.702. The Bertz CT molecular complexity index is 816. The molecule has 1 saturated heterocycles. The molecule has 0 aliphatic carbocycles. The number of nitrogens with one attached hydrogen (secondary N) is 1. The smallest absolute Gasteiger partial charge is 0.289 e. The number of piperidine rings is 1. The minimum absolute atomic E-state index is 0.0115. The Morgan fingerprint density at radius 2 is 1.96 bits per heavy atom. The molecule has 0 unspecified atom stereocenters. The van der Waals surface area contributed by atoms with Gasteiger partial charge in [-0.25, -0.2) is 8.78 Å². The van der Waals surface area contributed by atoms with Gasteiger partial charge in [0, 0.05) is 45.1 Å². The van der Waals surface area contributed by atoms with Crippen molar-refractivity contribution in [2.24, 2.45) is 7.05 Å². The average molecular weight is 379 g/mol. The van der Waals surface area contributed by atoms with E-state index in [-0.39, 0.29) is 29.6 Å². The Balaban J connectivity index is 1.61. The number of anilines is 1. The molecule has 27 heavy (non-hydrogen) atoms. The highest BCUT2D eigenvalue weighted by Gasteiger charge is 2.26. The lowest BCUT2D eigenvalue weighted by Crippen LogP contribution is -2.40. The van der Waals surface area contributed by atoms with Gasteiger partial charge in [0.2, 0.25) is 11.8 Å². The van der Waals surface area contributed by atoms with Crippen LogP contribution in [0.1, 0.15) is 37.3 Å². The Kier molecular flexibility index (Phi) is 5.57. The quantitative estimate of drug-likeness (QED) is 0.863. The predicted molar refractivity (Wildman–Crippen MR) is 95.8 cm³/mol. The maximum atomic E-state index is 13.7. The Morgan fingerprint density at radius 3 is 2.59 bits per heavy atom. The summed E-state index contributed by atoms with van der Waals surface area (Å²) in [5.41, 5.74) is 0. The third kappa shape index (κ3) is 4.35. The van der Waals surface area contributed by atoms with Crippen molar-refractivity contribution in [2.75, 3.05) is 18.0 Å². The number of nitrogens with zero attached hydrogens (tertiary/aromatic N) is 4. The lowest BCUT2D eigenvalue weighted by Gasteiger charge is -2.32. The van der Waals surface area contributed by atoms with Gasteiger partial charge in [-0.15, -0.1) is 10.2 Å². The van der Waals surface area contributed by atoms with Crippen LogP contribution >= 0.6 is 0 Å². The maximum absolute atomic E-state index is 13.7. The number of aromatic nitrogens is 3. The van der Waals surface area contributed by atoms with E-state index in [0.717, 1.165) is 6.07 Å². The fraction of sp³-hybridized carbons (Fsp3) is 0.500. The zero-order valence-electron chi connectivity index (χ0n) is 15.6. The van der Waals surface area contributed by atoms with E-state index in [0.29, 0.717) is 31.9 Å². The molecule has 7 nitrogen and oxygen atoms in total. The number of ether oxygens (including phenoxy) is 1. The van der Waals surface area contributed by atoms with Crippen molar-refractivity contribution < 1.29 is 18.3 Å². The van der Waals surface area contributed by atoms with Crippen LogP contribution in [-0.2, 0) is 7.05 Å². The molecule has 2 heterocycles. The summed E-state index contributed by atoms with van der Waals surface area (Å²) in [6.07, 6.45) is 1.13. The second-order valence-electron chi connectivity index (χ2n) is 6.89. The third-order valence-corrected chi connectivity index (χ3v) is 4.39. The van der Waals surface area contributed by atoms with Crippen molar-refractivity contribution in [2.45, 2.75) is 38.8 Å². The number of carbonyl (C=O) groups excluding carboxylic acids is 1. The first-order chi connectivity index (χ1) is 12.8. The molecule has 1 aromatic carbocycles. The van der Waals surface area contributed by atoms with Gasteiger partial charge in [0.25, 0.3) is 5.91 Å². The molecule has 1 amide bonds. The lowest BCUT2D eigenvalue weighted by molar-refractivity contribution is 0.0929. The summed E-state index contributed by atoms with van der Waals surface area (Å²) in [6, 6.07) is 3.31. The number of carbonyl (C=O) groups is 1. The van der Waals surface area contributed by atoms with Gasteiger partial charge in [0.05, 0.1) is 0 Å². The Hall–Kier alpha value is -2.71. The highest BCUT2D eigenvalue weighted by molar-refractivity contribution is 5.91. The molecule has 0 radical (unpaired) electrons. The number of benzene rings is 1. The van der Waals surface area contributed by atoms with Crippen molar-refractivity contribution in [1.82, 2.24) is 20.1 Å². The van der Waals surface area contributed by atoms with E-state index in [2.05, 4.69) is 15.5 Å². The number of halogens is 2. The maximum Gasteiger partial charge on any atom is 0.289 e. The van der Waals surface area contributed by atoms with E-state index >= 15 is 0 Å². The summed E-state index contributed by atoms with van der Waals surface area (Å²) in [4.78, 5) is 14.2. The molecule has 1 aliphatic rings. The van der Waals surface area contributed by atoms with E-state index in [1.807, 2.05) is 18.7 Å². The van der Waals surface area contributed by atoms with Gasteiger partial charge < -0.3 is 15.0 Å².